The third-order valence-electron chi connectivity index (χ3n) is 2.66. The van der Waals surface area contributed by atoms with Gasteiger partial charge in [0.05, 0.1) is 13.7 Å². The van der Waals surface area contributed by atoms with E-state index in [1.807, 2.05) is 6.92 Å². The Kier molecular flexibility index (Phi) is 5.59. The maximum atomic E-state index is 10.6. The van der Waals surface area contributed by atoms with Crippen molar-refractivity contribution in [2.75, 3.05) is 13.7 Å². The van der Waals surface area contributed by atoms with Crippen LogP contribution in [0.25, 0.3) is 0 Å². The molecule has 0 aliphatic rings. The van der Waals surface area contributed by atoms with Gasteiger partial charge in [-0.05, 0) is 31.0 Å². The van der Waals surface area contributed by atoms with E-state index in [4.69, 9.17) is 20.3 Å². The summed E-state index contributed by atoms with van der Waals surface area (Å²) < 4.78 is 10.6. The summed E-state index contributed by atoms with van der Waals surface area (Å²) in [7, 11) is 1.52. The maximum Gasteiger partial charge on any atom is 0.334 e. The van der Waals surface area contributed by atoms with Crippen LogP contribution in [0.2, 0.25) is 0 Å². The molecule has 0 bridgehead atoms. The minimum absolute atomic E-state index is 0.232. The van der Waals surface area contributed by atoms with Gasteiger partial charge in [-0.1, -0.05) is 6.07 Å². The van der Waals surface area contributed by atoms with Crippen LogP contribution in [-0.4, -0.2) is 42.0 Å². The van der Waals surface area contributed by atoms with Crippen LogP contribution in [0.4, 0.5) is 0 Å². The maximum absolute atomic E-state index is 10.6. The van der Waals surface area contributed by atoms with Crippen LogP contribution in [0.3, 0.4) is 0 Å². The number of aliphatic carboxylic acids is 1. The van der Waals surface area contributed by atoms with Gasteiger partial charge >= 0.3 is 5.97 Å². The summed E-state index contributed by atoms with van der Waals surface area (Å²) >= 11 is 0. The lowest BCUT2D eigenvalue weighted by Crippen LogP contribution is -2.41. The molecule has 1 rings (SSSR count). The zero-order valence-corrected chi connectivity index (χ0v) is 11.0. The van der Waals surface area contributed by atoms with Gasteiger partial charge in [0.25, 0.3) is 0 Å². The van der Waals surface area contributed by atoms with Crippen molar-refractivity contribution in [1.29, 1.82) is 0 Å². The second-order valence-electron chi connectivity index (χ2n) is 4.07. The molecule has 0 spiro atoms. The highest BCUT2D eigenvalue weighted by Crippen LogP contribution is 2.28. The molecule has 6 heteroatoms. The van der Waals surface area contributed by atoms with Crippen LogP contribution in [0.5, 0.6) is 11.5 Å². The molecule has 0 amide bonds. The molecule has 19 heavy (non-hydrogen) atoms. The zero-order valence-electron chi connectivity index (χ0n) is 11.0. The van der Waals surface area contributed by atoms with E-state index in [0.717, 1.165) is 5.56 Å². The number of carboxylic acids is 1. The van der Waals surface area contributed by atoms with Crippen molar-refractivity contribution in [3.63, 3.8) is 0 Å². The first-order valence-corrected chi connectivity index (χ1v) is 5.95. The van der Waals surface area contributed by atoms with Crippen molar-refractivity contribution in [3.05, 3.63) is 23.8 Å². The van der Waals surface area contributed by atoms with Gasteiger partial charge in [-0.3, -0.25) is 0 Å². The Labute approximate surface area is 111 Å². The summed E-state index contributed by atoms with van der Waals surface area (Å²) in [4.78, 5) is 10.6. The summed E-state index contributed by atoms with van der Waals surface area (Å²) in [6, 6.07) is 4.35. The number of hydrogen-bond acceptors (Lipinski definition) is 5. The Morgan fingerprint density at radius 3 is 2.63 bits per heavy atom. The summed E-state index contributed by atoms with van der Waals surface area (Å²) in [5.74, 6) is -0.164. The van der Waals surface area contributed by atoms with Crippen molar-refractivity contribution in [2.45, 2.75) is 25.5 Å². The molecule has 4 N–H and O–H groups in total. The Bertz CT molecular complexity index is 435. The molecule has 0 aliphatic carbocycles. The molecular formula is C13H19NO5. The Balaban J connectivity index is 2.82. The molecule has 0 aromatic heterocycles. The minimum atomic E-state index is -1.59. The van der Waals surface area contributed by atoms with Crippen molar-refractivity contribution in [3.8, 4) is 11.5 Å². The molecule has 0 saturated carbocycles. The molecular weight excluding hydrogens is 250 g/mol. The number of carbonyl (C=O) groups is 1. The van der Waals surface area contributed by atoms with Crippen LogP contribution < -0.4 is 15.2 Å². The number of aliphatic hydroxyl groups is 1. The number of rotatable bonds is 7. The first kappa shape index (κ1) is 15.3. The third-order valence-corrected chi connectivity index (χ3v) is 2.66. The molecule has 0 saturated heterocycles. The van der Waals surface area contributed by atoms with E-state index < -0.39 is 18.1 Å². The summed E-state index contributed by atoms with van der Waals surface area (Å²) in [6.45, 7) is 2.39. The predicted octanol–water partition coefficient (Wildman–Crippen LogP) is 0.409. The third kappa shape index (κ3) is 4.11. The first-order valence-electron chi connectivity index (χ1n) is 5.95. The molecule has 1 aromatic carbocycles. The Morgan fingerprint density at radius 1 is 1.42 bits per heavy atom. The van der Waals surface area contributed by atoms with E-state index in [1.54, 1.807) is 18.2 Å². The fourth-order valence-corrected chi connectivity index (χ4v) is 1.68. The highest BCUT2D eigenvalue weighted by atomic mass is 16.5. The van der Waals surface area contributed by atoms with Gasteiger partial charge in [0.15, 0.2) is 17.6 Å². The van der Waals surface area contributed by atoms with Gasteiger partial charge < -0.3 is 25.4 Å². The fraction of sp³-hybridized carbons (Fsp3) is 0.462. The van der Waals surface area contributed by atoms with Gasteiger partial charge in [0.1, 0.15) is 0 Å². The number of benzene rings is 1. The number of methoxy groups -OCH3 is 1. The van der Waals surface area contributed by atoms with E-state index in [-0.39, 0.29) is 6.42 Å². The highest BCUT2D eigenvalue weighted by Gasteiger charge is 2.22. The molecule has 0 radical (unpaired) electrons. The van der Waals surface area contributed by atoms with Crippen LogP contribution >= 0.6 is 0 Å². The number of aliphatic hydroxyl groups excluding tert-OH is 1. The van der Waals surface area contributed by atoms with Crippen LogP contribution in [-0.2, 0) is 11.2 Å². The largest absolute Gasteiger partial charge is 0.493 e. The van der Waals surface area contributed by atoms with E-state index >= 15 is 0 Å². The van der Waals surface area contributed by atoms with E-state index in [1.165, 1.54) is 7.11 Å². The first-order chi connectivity index (χ1) is 8.99. The van der Waals surface area contributed by atoms with Gasteiger partial charge in [-0.15, -0.1) is 0 Å². The number of ether oxygens (including phenoxy) is 2. The standard InChI is InChI=1S/C13H19NO5/c1-3-19-10-5-4-8(7-11(10)18-2)6-9(14)12(15)13(16)17/h4-5,7,9,12,15H,3,6,14H2,1-2H3,(H,16,17). The quantitative estimate of drug-likeness (QED) is 0.662. The van der Waals surface area contributed by atoms with Crippen LogP contribution in [0, 0.1) is 0 Å². The molecule has 2 unspecified atom stereocenters. The Hall–Kier alpha value is -1.79. The smallest absolute Gasteiger partial charge is 0.334 e. The van der Waals surface area contributed by atoms with Gasteiger partial charge in [-0.2, -0.15) is 0 Å². The normalized spacial score (nSPS) is 13.7. The second-order valence-corrected chi connectivity index (χ2v) is 4.07. The molecule has 6 nitrogen and oxygen atoms in total. The molecule has 2 atom stereocenters. The summed E-state index contributed by atoms with van der Waals surface area (Å²) in [5.41, 5.74) is 6.41. The van der Waals surface area contributed by atoms with Crippen LogP contribution in [0.15, 0.2) is 18.2 Å². The van der Waals surface area contributed by atoms with Gasteiger partial charge in [-0.25, -0.2) is 4.79 Å². The summed E-state index contributed by atoms with van der Waals surface area (Å²) in [5, 5.41) is 18.0. The van der Waals surface area contributed by atoms with Crippen molar-refractivity contribution < 1.29 is 24.5 Å². The number of nitrogens with two attached hydrogens (primary N) is 1. The lowest BCUT2D eigenvalue weighted by atomic mass is 10.0. The molecule has 1 aromatic rings. The lowest BCUT2D eigenvalue weighted by Gasteiger charge is -2.16. The monoisotopic (exact) mass is 269 g/mol. The van der Waals surface area contributed by atoms with E-state index in [9.17, 15) is 9.90 Å². The van der Waals surface area contributed by atoms with E-state index in [0.29, 0.717) is 18.1 Å². The zero-order chi connectivity index (χ0) is 14.4. The lowest BCUT2D eigenvalue weighted by molar-refractivity contribution is -0.147. The Morgan fingerprint density at radius 2 is 2.11 bits per heavy atom. The second kappa shape index (κ2) is 6.96. The van der Waals surface area contributed by atoms with Crippen LogP contribution in [0.1, 0.15) is 12.5 Å². The topological polar surface area (TPSA) is 102 Å². The average molecular weight is 269 g/mol. The predicted molar refractivity (Wildman–Crippen MR) is 69.5 cm³/mol. The van der Waals surface area contributed by atoms with Gasteiger partial charge in [0.2, 0.25) is 0 Å². The van der Waals surface area contributed by atoms with Crippen molar-refractivity contribution in [2.24, 2.45) is 5.73 Å². The SMILES string of the molecule is CCOc1ccc(CC(N)C(O)C(=O)O)cc1OC. The summed E-state index contributed by atoms with van der Waals surface area (Å²) in [6.07, 6.45) is -1.35. The molecule has 106 valence electrons. The number of hydrogen-bond donors (Lipinski definition) is 3. The van der Waals surface area contributed by atoms with Crippen molar-refractivity contribution >= 4 is 5.97 Å². The minimum Gasteiger partial charge on any atom is -0.493 e. The highest BCUT2D eigenvalue weighted by molar-refractivity contribution is 5.72. The van der Waals surface area contributed by atoms with Gasteiger partial charge in [0, 0.05) is 6.04 Å². The average Bonchev–Trinajstić information content (AvgIpc) is 2.39. The van der Waals surface area contributed by atoms with Crippen molar-refractivity contribution in [1.82, 2.24) is 0 Å². The molecule has 0 fully saturated rings. The molecule has 0 aliphatic heterocycles. The number of carboxylic acid groups (broad SMARTS) is 1. The molecule has 0 heterocycles. The van der Waals surface area contributed by atoms with E-state index in [2.05, 4.69) is 0 Å². The fourth-order valence-electron chi connectivity index (χ4n) is 1.68.